The fraction of sp³-hybridized carbons (Fsp3) is 0.500. The van der Waals surface area contributed by atoms with E-state index in [2.05, 4.69) is 5.32 Å². The molecule has 0 aliphatic carbocycles. The molecule has 2 N–H and O–H groups in total. The first-order valence-electron chi connectivity index (χ1n) is 7.23. The Morgan fingerprint density at radius 2 is 1.90 bits per heavy atom. The molecule has 0 spiro atoms. The molecule has 21 heavy (non-hydrogen) atoms. The van der Waals surface area contributed by atoms with E-state index in [1.54, 1.807) is 12.1 Å². The average molecular weight is 291 g/mol. The number of aliphatic carboxylic acids is 1. The molecular weight excluding hydrogens is 270 g/mol. The predicted molar refractivity (Wildman–Crippen MR) is 78.2 cm³/mol. The molecule has 1 amide bonds. The maximum absolute atomic E-state index is 12.0. The van der Waals surface area contributed by atoms with E-state index in [9.17, 15) is 14.7 Å². The number of carboxylic acids is 1. The fourth-order valence-electron chi connectivity index (χ4n) is 2.58. The van der Waals surface area contributed by atoms with Gasteiger partial charge in [-0.3, -0.25) is 9.59 Å². The van der Waals surface area contributed by atoms with Gasteiger partial charge in [0, 0.05) is 25.3 Å². The molecule has 0 bridgehead atoms. The molecule has 1 unspecified atom stereocenters. The van der Waals surface area contributed by atoms with Gasteiger partial charge in [-0.05, 0) is 37.8 Å². The lowest BCUT2D eigenvalue weighted by Crippen LogP contribution is -2.38. The maximum atomic E-state index is 12.0. The van der Waals surface area contributed by atoms with Crippen LogP contribution in [0.1, 0.15) is 28.8 Å². The molecule has 1 fully saturated rings. The Morgan fingerprint density at radius 1 is 1.29 bits per heavy atom. The van der Waals surface area contributed by atoms with Crippen molar-refractivity contribution in [1.29, 1.82) is 0 Å². The van der Waals surface area contributed by atoms with Gasteiger partial charge in [0.2, 0.25) is 0 Å². The second kappa shape index (κ2) is 7.22. The van der Waals surface area contributed by atoms with Crippen molar-refractivity contribution in [3.05, 3.63) is 35.4 Å². The number of ether oxygens (including phenoxy) is 1. The van der Waals surface area contributed by atoms with Crippen LogP contribution in [0.15, 0.2) is 24.3 Å². The van der Waals surface area contributed by atoms with Crippen molar-refractivity contribution in [2.24, 2.45) is 11.8 Å². The molecule has 1 saturated heterocycles. The first-order chi connectivity index (χ1) is 10.1. The van der Waals surface area contributed by atoms with E-state index >= 15 is 0 Å². The Bertz CT molecular complexity index is 492. The number of carbonyl (C=O) groups is 2. The highest BCUT2D eigenvalue weighted by molar-refractivity contribution is 5.94. The van der Waals surface area contributed by atoms with Crippen molar-refractivity contribution in [2.75, 3.05) is 19.8 Å². The number of carbonyl (C=O) groups excluding carboxylic acids is 1. The Labute approximate surface area is 124 Å². The van der Waals surface area contributed by atoms with Gasteiger partial charge in [-0.2, -0.15) is 0 Å². The predicted octanol–water partition coefficient (Wildman–Crippen LogP) is 1.85. The smallest absolute Gasteiger partial charge is 0.308 e. The summed E-state index contributed by atoms with van der Waals surface area (Å²) >= 11 is 0. The number of hydrogen-bond acceptors (Lipinski definition) is 3. The minimum Gasteiger partial charge on any atom is -0.481 e. The van der Waals surface area contributed by atoms with E-state index in [0.29, 0.717) is 18.8 Å². The largest absolute Gasteiger partial charge is 0.481 e. The van der Waals surface area contributed by atoms with Gasteiger partial charge in [0.15, 0.2) is 0 Å². The number of carboxylic acid groups (broad SMARTS) is 1. The van der Waals surface area contributed by atoms with Gasteiger partial charge in [0.25, 0.3) is 5.91 Å². The summed E-state index contributed by atoms with van der Waals surface area (Å²) in [6.07, 6.45) is 1.47. The van der Waals surface area contributed by atoms with E-state index in [0.717, 1.165) is 18.4 Å². The van der Waals surface area contributed by atoms with Gasteiger partial charge >= 0.3 is 5.97 Å². The number of benzene rings is 1. The summed E-state index contributed by atoms with van der Waals surface area (Å²) in [6, 6.07) is 7.22. The third kappa shape index (κ3) is 4.29. The van der Waals surface area contributed by atoms with Crippen molar-refractivity contribution in [3.63, 3.8) is 0 Å². The van der Waals surface area contributed by atoms with Crippen LogP contribution >= 0.6 is 0 Å². The third-order valence-electron chi connectivity index (χ3n) is 3.95. The third-order valence-corrected chi connectivity index (χ3v) is 3.95. The van der Waals surface area contributed by atoms with Crippen molar-refractivity contribution >= 4 is 11.9 Å². The van der Waals surface area contributed by atoms with Crippen LogP contribution in [-0.4, -0.2) is 36.7 Å². The molecule has 2 rings (SSSR count). The number of hydrogen-bond donors (Lipinski definition) is 2. The summed E-state index contributed by atoms with van der Waals surface area (Å²) < 4.78 is 5.26. The lowest BCUT2D eigenvalue weighted by Gasteiger charge is -2.27. The van der Waals surface area contributed by atoms with Crippen LogP contribution < -0.4 is 5.32 Å². The minimum absolute atomic E-state index is 0.0644. The molecule has 1 aliphatic heterocycles. The van der Waals surface area contributed by atoms with Gasteiger partial charge in [-0.15, -0.1) is 0 Å². The van der Waals surface area contributed by atoms with Gasteiger partial charge in [-0.25, -0.2) is 0 Å². The minimum atomic E-state index is -0.855. The molecule has 0 radical (unpaired) electrons. The second-order valence-corrected chi connectivity index (χ2v) is 5.47. The van der Waals surface area contributed by atoms with E-state index in [1.807, 2.05) is 19.1 Å². The number of amides is 1. The topological polar surface area (TPSA) is 75.6 Å². The summed E-state index contributed by atoms with van der Waals surface area (Å²) in [4.78, 5) is 23.4. The number of nitrogens with one attached hydrogen (secondary N) is 1. The highest BCUT2D eigenvalue weighted by Gasteiger charge is 2.30. The zero-order valence-electron chi connectivity index (χ0n) is 12.2. The Morgan fingerprint density at radius 3 is 2.48 bits per heavy atom. The average Bonchev–Trinajstić information content (AvgIpc) is 2.48. The second-order valence-electron chi connectivity index (χ2n) is 5.47. The lowest BCUT2D eigenvalue weighted by molar-refractivity contribution is -0.144. The Kier molecular flexibility index (Phi) is 5.33. The molecule has 1 atom stereocenters. The molecule has 1 heterocycles. The molecule has 5 heteroatoms. The summed E-state index contributed by atoms with van der Waals surface area (Å²) in [7, 11) is 0. The summed E-state index contributed by atoms with van der Waals surface area (Å²) in [6.45, 7) is 3.31. The first kappa shape index (κ1) is 15.5. The van der Waals surface area contributed by atoms with Crippen LogP contribution in [0.4, 0.5) is 0 Å². The van der Waals surface area contributed by atoms with E-state index in [4.69, 9.17) is 4.74 Å². The molecule has 1 aliphatic rings. The highest BCUT2D eigenvalue weighted by Crippen LogP contribution is 2.23. The Balaban J connectivity index is 1.93. The molecule has 0 saturated carbocycles. The molecule has 1 aromatic carbocycles. The quantitative estimate of drug-likeness (QED) is 0.868. The lowest BCUT2D eigenvalue weighted by atomic mass is 9.86. The number of aryl methyl sites for hydroxylation is 1. The SMILES string of the molecule is Cc1ccc(C(=O)NCC(C(=O)O)C2CCOCC2)cc1. The van der Waals surface area contributed by atoms with Crippen LogP contribution in [0.3, 0.4) is 0 Å². The van der Waals surface area contributed by atoms with Crippen LogP contribution in [0.2, 0.25) is 0 Å². The zero-order valence-corrected chi connectivity index (χ0v) is 12.2. The van der Waals surface area contributed by atoms with E-state index in [-0.39, 0.29) is 18.4 Å². The molecule has 1 aromatic rings. The highest BCUT2D eigenvalue weighted by atomic mass is 16.5. The van der Waals surface area contributed by atoms with Crippen molar-refractivity contribution in [2.45, 2.75) is 19.8 Å². The van der Waals surface area contributed by atoms with Gasteiger partial charge in [0.05, 0.1) is 5.92 Å². The molecule has 0 aromatic heterocycles. The van der Waals surface area contributed by atoms with Crippen molar-refractivity contribution in [1.82, 2.24) is 5.32 Å². The first-order valence-corrected chi connectivity index (χ1v) is 7.23. The standard InChI is InChI=1S/C16H21NO4/c1-11-2-4-13(5-3-11)15(18)17-10-14(16(19)20)12-6-8-21-9-7-12/h2-5,12,14H,6-10H2,1H3,(H,17,18)(H,19,20). The van der Waals surface area contributed by atoms with E-state index in [1.165, 1.54) is 0 Å². The molecule has 5 nitrogen and oxygen atoms in total. The summed E-state index contributed by atoms with van der Waals surface area (Å²) in [5.41, 5.74) is 1.63. The zero-order chi connectivity index (χ0) is 15.2. The van der Waals surface area contributed by atoms with E-state index < -0.39 is 11.9 Å². The normalized spacial score (nSPS) is 17.2. The monoisotopic (exact) mass is 291 g/mol. The van der Waals surface area contributed by atoms with Crippen LogP contribution in [0, 0.1) is 18.8 Å². The molecular formula is C16H21NO4. The van der Waals surface area contributed by atoms with Crippen LogP contribution in [-0.2, 0) is 9.53 Å². The summed E-state index contributed by atoms with van der Waals surface area (Å²) in [5, 5.41) is 12.1. The Hall–Kier alpha value is -1.88. The number of rotatable bonds is 5. The van der Waals surface area contributed by atoms with Crippen LogP contribution in [0.25, 0.3) is 0 Å². The van der Waals surface area contributed by atoms with Crippen molar-refractivity contribution in [3.8, 4) is 0 Å². The van der Waals surface area contributed by atoms with Crippen LogP contribution in [0.5, 0.6) is 0 Å². The fourth-order valence-corrected chi connectivity index (χ4v) is 2.58. The van der Waals surface area contributed by atoms with Gasteiger partial charge in [-0.1, -0.05) is 17.7 Å². The molecule has 114 valence electrons. The van der Waals surface area contributed by atoms with Gasteiger partial charge in [0.1, 0.15) is 0 Å². The van der Waals surface area contributed by atoms with Gasteiger partial charge < -0.3 is 15.2 Å². The van der Waals surface area contributed by atoms with Crippen molar-refractivity contribution < 1.29 is 19.4 Å². The summed E-state index contributed by atoms with van der Waals surface area (Å²) in [5.74, 6) is -1.57. The maximum Gasteiger partial charge on any atom is 0.308 e.